The van der Waals surface area contributed by atoms with E-state index >= 15 is 0 Å². The number of aliphatic hydroxyl groups excluding tert-OH is 1. The minimum absolute atomic E-state index is 0.327. The molecule has 2 atom stereocenters. The van der Waals surface area contributed by atoms with Crippen molar-refractivity contribution < 1.29 is 5.11 Å². The van der Waals surface area contributed by atoms with E-state index in [-0.39, 0.29) is 0 Å². The summed E-state index contributed by atoms with van der Waals surface area (Å²) in [6, 6.07) is 0.477. The zero-order valence-electron chi connectivity index (χ0n) is 10.7. The monoisotopic (exact) mass is 228 g/mol. The van der Waals surface area contributed by atoms with E-state index in [4.69, 9.17) is 0 Å². The Labute approximate surface area is 100 Å². The lowest BCUT2D eigenvalue weighted by atomic mass is 9.93. The third kappa shape index (κ3) is 5.28. The fraction of sp³-hybridized carbons (Fsp3) is 1.00. The first-order chi connectivity index (χ1) is 7.88. The fourth-order valence-electron chi connectivity index (χ4n) is 2.44. The van der Waals surface area contributed by atoms with Crippen molar-refractivity contribution in [3.05, 3.63) is 0 Å². The van der Waals surface area contributed by atoms with Crippen molar-refractivity contribution in [3.8, 4) is 0 Å². The van der Waals surface area contributed by atoms with Crippen LogP contribution in [0.3, 0.4) is 0 Å². The number of hydrogen-bond donors (Lipinski definition) is 3. The number of piperazine rings is 1. The molecule has 0 amide bonds. The average molecular weight is 228 g/mol. The van der Waals surface area contributed by atoms with Crippen LogP contribution in [-0.4, -0.2) is 37.4 Å². The van der Waals surface area contributed by atoms with Gasteiger partial charge in [0.15, 0.2) is 0 Å². The Hall–Kier alpha value is -0.120. The molecule has 1 saturated heterocycles. The number of rotatable bonds is 8. The first-order valence-electron chi connectivity index (χ1n) is 6.93. The molecule has 0 aliphatic carbocycles. The maximum absolute atomic E-state index is 9.41. The van der Waals surface area contributed by atoms with Gasteiger partial charge in [0.05, 0.1) is 0 Å². The van der Waals surface area contributed by atoms with Crippen LogP contribution in [0.1, 0.15) is 45.4 Å². The summed E-state index contributed by atoms with van der Waals surface area (Å²) in [6.07, 6.45) is 7.77. The maximum atomic E-state index is 9.41. The molecule has 2 unspecified atom stereocenters. The molecule has 0 aromatic carbocycles. The number of unbranched alkanes of at least 4 members (excludes halogenated alkanes) is 4. The van der Waals surface area contributed by atoms with Gasteiger partial charge in [-0.1, -0.05) is 39.0 Å². The van der Waals surface area contributed by atoms with E-state index in [1.807, 2.05) is 0 Å². The third-order valence-corrected chi connectivity index (χ3v) is 3.55. The lowest BCUT2D eigenvalue weighted by Crippen LogP contribution is -2.52. The predicted octanol–water partition coefficient (Wildman–Crippen LogP) is 1.52. The summed E-state index contributed by atoms with van der Waals surface area (Å²) in [7, 11) is 0. The van der Waals surface area contributed by atoms with E-state index in [1.54, 1.807) is 0 Å². The first kappa shape index (κ1) is 13.9. The van der Waals surface area contributed by atoms with Gasteiger partial charge in [-0.05, 0) is 12.3 Å². The Morgan fingerprint density at radius 1 is 1.19 bits per heavy atom. The minimum Gasteiger partial charge on any atom is -0.396 e. The normalized spacial score (nSPS) is 23.2. The van der Waals surface area contributed by atoms with Crippen molar-refractivity contribution in [2.24, 2.45) is 5.92 Å². The highest BCUT2D eigenvalue weighted by Crippen LogP contribution is 2.15. The first-order valence-corrected chi connectivity index (χ1v) is 6.93. The molecule has 3 nitrogen and oxygen atoms in total. The molecule has 1 aliphatic rings. The van der Waals surface area contributed by atoms with Gasteiger partial charge >= 0.3 is 0 Å². The molecule has 0 saturated carbocycles. The molecule has 1 heterocycles. The zero-order valence-corrected chi connectivity index (χ0v) is 10.7. The predicted molar refractivity (Wildman–Crippen MR) is 68.6 cm³/mol. The lowest BCUT2D eigenvalue weighted by Gasteiger charge is -2.30. The topological polar surface area (TPSA) is 44.3 Å². The van der Waals surface area contributed by atoms with Gasteiger partial charge in [0.1, 0.15) is 0 Å². The Morgan fingerprint density at radius 2 is 2.00 bits per heavy atom. The Morgan fingerprint density at radius 3 is 2.62 bits per heavy atom. The van der Waals surface area contributed by atoms with Crippen LogP contribution in [0.25, 0.3) is 0 Å². The maximum Gasteiger partial charge on any atom is 0.0474 e. The van der Waals surface area contributed by atoms with Gasteiger partial charge < -0.3 is 15.7 Å². The molecular formula is C13H28N2O. The Bertz CT molecular complexity index is 158. The van der Waals surface area contributed by atoms with Crippen LogP contribution in [0.4, 0.5) is 0 Å². The Balaban J connectivity index is 2.10. The van der Waals surface area contributed by atoms with Crippen LogP contribution in [0.2, 0.25) is 0 Å². The number of nitrogens with one attached hydrogen (secondary N) is 2. The SMILES string of the molecule is CCCCCCCC(CO)C1CNCCN1. The van der Waals surface area contributed by atoms with Crippen molar-refractivity contribution in [3.63, 3.8) is 0 Å². The largest absolute Gasteiger partial charge is 0.396 e. The van der Waals surface area contributed by atoms with E-state index in [0.717, 1.165) is 19.6 Å². The standard InChI is InChI=1S/C13H28N2O/c1-2-3-4-5-6-7-12(11-16)13-10-14-8-9-15-13/h12-16H,2-11H2,1H3. The molecule has 96 valence electrons. The molecule has 16 heavy (non-hydrogen) atoms. The summed E-state index contributed by atoms with van der Waals surface area (Å²) >= 11 is 0. The number of hydrogen-bond acceptors (Lipinski definition) is 3. The van der Waals surface area contributed by atoms with Gasteiger partial charge in [-0.2, -0.15) is 0 Å². The van der Waals surface area contributed by atoms with Crippen molar-refractivity contribution >= 4 is 0 Å². The van der Waals surface area contributed by atoms with Gasteiger partial charge in [-0.15, -0.1) is 0 Å². The molecular weight excluding hydrogens is 200 g/mol. The van der Waals surface area contributed by atoms with Crippen LogP contribution >= 0.6 is 0 Å². The second-order valence-electron chi connectivity index (χ2n) is 4.91. The highest BCUT2D eigenvalue weighted by atomic mass is 16.3. The third-order valence-electron chi connectivity index (χ3n) is 3.55. The van der Waals surface area contributed by atoms with E-state index in [2.05, 4.69) is 17.6 Å². The van der Waals surface area contributed by atoms with E-state index < -0.39 is 0 Å². The molecule has 0 radical (unpaired) electrons. The van der Waals surface area contributed by atoms with Gasteiger partial charge in [-0.3, -0.25) is 0 Å². The lowest BCUT2D eigenvalue weighted by molar-refractivity contribution is 0.168. The molecule has 0 aromatic rings. The van der Waals surface area contributed by atoms with E-state index in [0.29, 0.717) is 18.6 Å². The number of aliphatic hydroxyl groups is 1. The van der Waals surface area contributed by atoms with Crippen molar-refractivity contribution in [2.45, 2.75) is 51.5 Å². The fourth-order valence-corrected chi connectivity index (χ4v) is 2.44. The molecule has 0 spiro atoms. The quantitative estimate of drug-likeness (QED) is 0.552. The van der Waals surface area contributed by atoms with Crippen LogP contribution in [0.5, 0.6) is 0 Å². The molecule has 0 bridgehead atoms. The second kappa shape index (κ2) is 8.97. The molecule has 1 fully saturated rings. The van der Waals surface area contributed by atoms with Crippen LogP contribution in [-0.2, 0) is 0 Å². The van der Waals surface area contributed by atoms with Crippen LogP contribution in [0, 0.1) is 5.92 Å². The van der Waals surface area contributed by atoms with Gasteiger partial charge in [-0.25, -0.2) is 0 Å². The van der Waals surface area contributed by atoms with Crippen LogP contribution < -0.4 is 10.6 Å². The minimum atomic E-state index is 0.327. The molecule has 0 aromatic heterocycles. The molecule has 1 rings (SSSR count). The summed E-state index contributed by atoms with van der Waals surface area (Å²) in [5.41, 5.74) is 0. The van der Waals surface area contributed by atoms with Crippen molar-refractivity contribution in [2.75, 3.05) is 26.2 Å². The summed E-state index contributed by atoms with van der Waals surface area (Å²) in [6.45, 7) is 5.68. The molecule has 3 heteroatoms. The molecule has 3 N–H and O–H groups in total. The van der Waals surface area contributed by atoms with Crippen molar-refractivity contribution in [1.29, 1.82) is 0 Å². The highest BCUT2D eigenvalue weighted by Gasteiger charge is 2.21. The highest BCUT2D eigenvalue weighted by molar-refractivity contribution is 4.81. The van der Waals surface area contributed by atoms with Gasteiger partial charge in [0, 0.05) is 32.3 Å². The van der Waals surface area contributed by atoms with Crippen LogP contribution in [0.15, 0.2) is 0 Å². The zero-order chi connectivity index (χ0) is 11.6. The van der Waals surface area contributed by atoms with Gasteiger partial charge in [0.25, 0.3) is 0 Å². The van der Waals surface area contributed by atoms with E-state index in [9.17, 15) is 5.11 Å². The summed E-state index contributed by atoms with van der Waals surface area (Å²) in [5, 5.41) is 16.3. The summed E-state index contributed by atoms with van der Waals surface area (Å²) in [5.74, 6) is 0.439. The van der Waals surface area contributed by atoms with Crippen molar-refractivity contribution in [1.82, 2.24) is 10.6 Å². The average Bonchev–Trinajstić information content (AvgIpc) is 2.35. The Kier molecular flexibility index (Phi) is 7.81. The summed E-state index contributed by atoms with van der Waals surface area (Å²) < 4.78 is 0. The van der Waals surface area contributed by atoms with Gasteiger partial charge in [0.2, 0.25) is 0 Å². The van der Waals surface area contributed by atoms with E-state index in [1.165, 1.54) is 38.5 Å². The second-order valence-corrected chi connectivity index (χ2v) is 4.91. The molecule has 1 aliphatic heterocycles. The summed E-state index contributed by atoms with van der Waals surface area (Å²) in [4.78, 5) is 0. The smallest absolute Gasteiger partial charge is 0.0474 e.